The zero-order valence-electron chi connectivity index (χ0n) is 12.2. The zero-order valence-corrected chi connectivity index (χ0v) is 13.8. The Hall–Kier alpha value is -2.47. The molecule has 0 radical (unpaired) electrons. The standard InChI is InChI=1S/C17H12BrFN4/c1-9-5-6-13-10(7-9)16-14(8-20-23-16)22-17(21-13)15-11(18)3-2-4-12(15)19/h2-8H,1H3,(H,20,23)(H,21,22). The monoisotopic (exact) mass is 370 g/mol. The lowest BCUT2D eigenvalue weighted by molar-refractivity contribution is 0.624. The molecule has 6 heteroatoms. The molecule has 0 amide bonds. The minimum Gasteiger partial charge on any atom is -0.337 e. The molecule has 2 N–H and O–H groups in total. The zero-order chi connectivity index (χ0) is 16.0. The Bertz CT molecular complexity index is 925. The van der Waals surface area contributed by atoms with E-state index in [1.807, 2.05) is 25.1 Å². The number of aromatic nitrogens is 2. The Kier molecular flexibility index (Phi) is 3.27. The number of halogens is 2. The molecule has 0 saturated heterocycles. The van der Waals surface area contributed by atoms with Crippen molar-refractivity contribution in [1.82, 2.24) is 10.2 Å². The van der Waals surface area contributed by atoms with Crippen molar-refractivity contribution in [3.8, 4) is 11.3 Å². The summed E-state index contributed by atoms with van der Waals surface area (Å²) >= 11 is 3.41. The minimum absolute atomic E-state index is 0.341. The van der Waals surface area contributed by atoms with Crippen LogP contribution in [0.25, 0.3) is 11.3 Å². The van der Waals surface area contributed by atoms with Crippen molar-refractivity contribution in [3.63, 3.8) is 0 Å². The summed E-state index contributed by atoms with van der Waals surface area (Å²) in [6, 6.07) is 10.8. The smallest absolute Gasteiger partial charge is 0.142 e. The second kappa shape index (κ2) is 5.31. The molecule has 0 bridgehead atoms. The van der Waals surface area contributed by atoms with E-state index in [1.165, 1.54) is 6.07 Å². The Labute approximate surface area is 140 Å². The van der Waals surface area contributed by atoms with Gasteiger partial charge in [-0.3, -0.25) is 5.10 Å². The van der Waals surface area contributed by atoms with Crippen LogP contribution in [0.15, 0.2) is 52.1 Å². The van der Waals surface area contributed by atoms with Crippen LogP contribution >= 0.6 is 15.9 Å². The highest BCUT2D eigenvalue weighted by molar-refractivity contribution is 9.10. The summed E-state index contributed by atoms with van der Waals surface area (Å²) in [6.07, 6.45) is 1.68. The average Bonchev–Trinajstić information content (AvgIpc) is 2.91. The Balaban J connectivity index is 1.99. The number of aryl methyl sites for hydroxylation is 1. The first kappa shape index (κ1) is 14.1. The van der Waals surface area contributed by atoms with Crippen LogP contribution < -0.4 is 5.32 Å². The van der Waals surface area contributed by atoms with Crippen LogP contribution in [0.4, 0.5) is 15.8 Å². The van der Waals surface area contributed by atoms with E-state index >= 15 is 0 Å². The van der Waals surface area contributed by atoms with Crippen molar-refractivity contribution < 1.29 is 4.39 Å². The van der Waals surface area contributed by atoms with Gasteiger partial charge in [-0.15, -0.1) is 0 Å². The van der Waals surface area contributed by atoms with Crippen LogP contribution in [0.5, 0.6) is 0 Å². The molecule has 4 nitrogen and oxygen atoms in total. The molecule has 0 aliphatic carbocycles. The van der Waals surface area contributed by atoms with Crippen LogP contribution in [0.2, 0.25) is 0 Å². The molecule has 0 spiro atoms. The third-order valence-corrected chi connectivity index (χ3v) is 4.41. The van der Waals surface area contributed by atoms with Gasteiger partial charge in [0.15, 0.2) is 0 Å². The van der Waals surface area contributed by atoms with E-state index in [0.29, 0.717) is 15.9 Å². The molecule has 114 valence electrons. The molecule has 0 atom stereocenters. The summed E-state index contributed by atoms with van der Waals surface area (Å²) in [4.78, 5) is 4.65. The molecule has 0 unspecified atom stereocenters. The summed E-state index contributed by atoms with van der Waals surface area (Å²) in [6.45, 7) is 2.02. The van der Waals surface area contributed by atoms with Crippen molar-refractivity contribution in [3.05, 3.63) is 64.0 Å². The summed E-state index contributed by atoms with van der Waals surface area (Å²) in [5.41, 5.74) is 4.82. The molecule has 2 heterocycles. The number of benzene rings is 2. The van der Waals surface area contributed by atoms with Crippen molar-refractivity contribution in [2.24, 2.45) is 4.99 Å². The molecule has 1 aromatic heterocycles. The predicted molar refractivity (Wildman–Crippen MR) is 92.7 cm³/mol. The number of anilines is 1. The lowest BCUT2D eigenvalue weighted by Crippen LogP contribution is -2.15. The van der Waals surface area contributed by atoms with Crippen molar-refractivity contribution in [1.29, 1.82) is 0 Å². The van der Waals surface area contributed by atoms with Crippen LogP contribution in [0.1, 0.15) is 11.1 Å². The number of nitrogens with zero attached hydrogens (tertiary/aromatic N) is 2. The number of nitrogens with one attached hydrogen (secondary N) is 2. The van der Waals surface area contributed by atoms with Gasteiger partial charge in [-0.1, -0.05) is 17.7 Å². The summed E-state index contributed by atoms with van der Waals surface area (Å²) in [5.74, 6) is 0.103. The first-order valence-corrected chi connectivity index (χ1v) is 7.87. The van der Waals surface area contributed by atoms with Gasteiger partial charge >= 0.3 is 0 Å². The first-order valence-electron chi connectivity index (χ1n) is 7.08. The van der Waals surface area contributed by atoms with E-state index in [9.17, 15) is 4.39 Å². The van der Waals surface area contributed by atoms with Gasteiger partial charge in [-0.25, -0.2) is 9.38 Å². The Morgan fingerprint density at radius 3 is 2.87 bits per heavy atom. The van der Waals surface area contributed by atoms with E-state index < -0.39 is 0 Å². The molecule has 4 rings (SSSR count). The van der Waals surface area contributed by atoms with Gasteiger partial charge in [0.25, 0.3) is 0 Å². The fourth-order valence-corrected chi connectivity index (χ4v) is 3.18. The van der Waals surface area contributed by atoms with Crippen molar-refractivity contribution in [2.45, 2.75) is 6.92 Å². The van der Waals surface area contributed by atoms with E-state index in [2.05, 4.69) is 36.4 Å². The van der Waals surface area contributed by atoms with Gasteiger partial charge in [0, 0.05) is 10.0 Å². The van der Waals surface area contributed by atoms with Crippen LogP contribution in [0, 0.1) is 12.7 Å². The van der Waals surface area contributed by atoms with E-state index in [1.54, 1.807) is 18.3 Å². The summed E-state index contributed by atoms with van der Waals surface area (Å²) in [5, 5.41) is 10.3. The van der Waals surface area contributed by atoms with Gasteiger partial charge in [0.1, 0.15) is 11.7 Å². The fourth-order valence-electron chi connectivity index (χ4n) is 2.65. The van der Waals surface area contributed by atoms with Gasteiger partial charge in [-0.05, 0) is 47.1 Å². The third kappa shape index (κ3) is 2.35. The summed E-state index contributed by atoms with van der Waals surface area (Å²) < 4.78 is 15.0. The Morgan fingerprint density at radius 1 is 1.17 bits per heavy atom. The second-order valence-electron chi connectivity index (χ2n) is 5.36. The molecular formula is C17H12BrFN4. The highest BCUT2D eigenvalue weighted by atomic mass is 79.9. The summed E-state index contributed by atoms with van der Waals surface area (Å²) in [7, 11) is 0. The highest BCUT2D eigenvalue weighted by Crippen LogP contribution is 2.38. The van der Waals surface area contributed by atoms with Gasteiger partial charge in [-0.2, -0.15) is 5.10 Å². The van der Waals surface area contributed by atoms with Gasteiger partial charge in [0.05, 0.1) is 28.8 Å². The van der Waals surface area contributed by atoms with Gasteiger partial charge < -0.3 is 5.32 Å². The maximum atomic E-state index is 14.3. The number of amidine groups is 1. The molecule has 2 aromatic carbocycles. The van der Waals surface area contributed by atoms with E-state index in [4.69, 9.17) is 0 Å². The molecule has 23 heavy (non-hydrogen) atoms. The molecule has 1 aliphatic heterocycles. The molecule has 3 aromatic rings. The van der Waals surface area contributed by atoms with Crippen molar-refractivity contribution >= 4 is 33.1 Å². The topological polar surface area (TPSA) is 53.1 Å². The van der Waals surface area contributed by atoms with E-state index in [-0.39, 0.29) is 5.82 Å². The second-order valence-corrected chi connectivity index (χ2v) is 6.22. The fraction of sp³-hybridized carbons (Fsp3) is 0.0588. The SMILES string of the molecule is Cc1ccc2c(c1)-c1[nH]ncc1NC(c1c(F)cccc1Br)=N2. The average molecular weight is 371 g/mol. The highest BCUT2D eigenvalue weighted by Gasteiger charge is 2.21. The number of fused-ring (bicyclic) bond motifs is 3. The predicted octanol–water partition coefficient (Wildman–Crippen LogP) is 4.79. The first-order chi connectivity index (χ1) is 11.1. The lowest BCUT2D eigenvalue weighted by atomic mass is 10.1. The normalized spacial score (nSPS) is 12.7. The van der Waals surface area contributed by atoms with Crippen LogP contribution in [-0.4, -0.2) is 16.0 Å². The number of aliphatic imine (C=N–C) groups is 1. The minimum atomic E-state index is -0.341. The number of aromatic amines is 1. The number of hydrogen-bond donors (Lipinski definition) is 2. The van der Waals surface area contributed by atoms with Crippen LogP contribution in [-0.2, 0) is 0 Å². The maximum Gasteiger partial charge on any atom is 0.142 e. The molecular weight excluding hydrogens is 359 g/mol. The molecule has 0 saturated carbocycles. The quantitative estimate of drug-likeness (QED) is 0.646. The molecule has 0 fully saturated rings. The Morgan fingerprint density at radius 2 is 2.04 bits per heavy atom. The number of rotatable bonds is 1. The molecule has 1 aliphatic rings. The van der Waals surface area contributed by atoms with E-state index in [0.717, 1.165) is 28.2 Å². The van der Waals surface area contributed by atoms with Gasteiger partial charge in [0.2, 0.25) is 0 Å². The number of H-pyrrole nitrogens is 1. The third-order valence-electron chi connectivity index (χ3n) is 3.75. The maximum absolute atomic E-state index is 14.3. The number of hydrogen-bond acceptors (Lipinski definition) is 3. The lowest BCUT2D eigenvalue weighted by Gasteiger charge is -2.10. The van der Waals surface area contributed by atoms with Crippen LogP contribution in [0.3, 0.4) is 0 Å². The van der Waals surface area contributed by atoms with Crippen molar-refractivity contribution in [2.75, 3.05) is 5.32 Å². The largest absolute Gasteiger partial charge is 0.337 e.